The summed E-state index contributed by atoms with van der Waals surface area (Å²) >= 11 is 0. The number of aliphatic hydroxyl groups excluding tert-OH is 1. The Morgan fingerprint density at radius 1 is 0.274 bits per heavy atom. The first-order valence-corrected chi connectivity index (χ1v) is 48.0. The second-order valence-electron chi connectivity index (χ2n) is 32.0. The maximum absolute atomic E-state index is 13.1. The Morgan fingerprint density at radius 2 is 0.481 bits per heavy atom. The van der Waals surface area contributed by atoms with Crippen molar-refractivity contribution in [1.29, 1.82) is 0 Å². The van der Waals surface area contributed by atoms with Gasteiger partial charge in [0.2, 0.25) is 0 Å². The molecule has 0 aromatic carbocycles. The molecule has 3 N–H and O–H groups in total. The van der Waals surface area contributed by atoms with Crippen LogP contribution in [0.1, 0.15) is 465 Å². The average molecular weight is 1550 g/mol. The zero-order valence-corrected chi connectivity index (χ0v) is 71.5. The van der Waals surface area contributed by atoms with E-state index in [1.165, 1.54) is 270 Å². The van der Waals surface area contributed by atoms with E-state index < -0.39 is 97.5 Å². The van der Waals surface area contributed by atoms with Gasteiger partial charge in [-0.2, -0.15) is 0 Å². The molecule has 630 valence electrons. The Bertz CT molecular complexity index is 2030. The molecule has 0 aliphatic rings. The van der Waals surface area contributed by atoms with Crippen molar-refractivity contribution < 1.29 is 80.2 Å². The predicted molar refractivity (Wildman–Crippen MR) is 437 cm³/mol. The number of unbranched alkanes of at least 4 members (excludes halogenated alkanes) is 55. The molecule has 0 aromatic rings. The summed E-state index contributed by atoms with van der Waals surface area (Å²) in [5.74, 6) is -0.411. The molecule has 0 saturated carbocycles. The van der Waals surface area contributed by atoms with Crippen LogP contribution < -0.4 is 0 Å². The van der Waals surface area contributed by atoms with Gasteiger partial charge in [-0.3, -0.25) is 37.3 Å². The number of carbonyl (C=O) groups excluding carboxylic acids is 4. The lowest BCUT2D eigenvalue weighted by Gasteiger charge is -2.21. The first kappa shape index (κ1) is 104. The highest BCUT2D eigenvalue weighted by Gasteiger charge is 2.30. The van der Waals surface area contributed by atoms with Crippen molar-refractivity contribution in [3.05, 3.63) is 0 Å². The maximum Gasteiger partial charge on any atom is 0.472 e. The number of aliphatic hydroxyl groups is 1. The van der Waals surface area contributed by atoms with E-state index in [0.29, 0.717) is 25.7 Å². The van der Waals surface area contributed by atoms with Crippen LogP contribution in [0.2, 0.25) is 0 Å². The van der Waals surface area contributed by atoms with Gasteiger partial charge in [-0.1, -0.05) is 414 Å². The van der Waals surface area contributed by atoms with E-state index in [1.807, 2.05) is 0 Å². The molecular formula is C87H170O17P2. The van der Waals surface area contributed by atoms with E-state index in [2.05, 4.69) is 41.5 Å². The zero-order valence-electron chi connectivity index (χ0n) is 69.7. The summed E-state index contributed by atoms with van der Waals surface area (Å²) in [6.07, 6.45) is 71.0. The summed E-state index contributed by atoms with van der Waals surface area (Å²) < 4.78 is 68.8. The molecule has 0 aliphatic heterocycles. The Kier molecular flexibility index (Phi) is 76.9. The quantitative estimate of drug-likeness (QED) is 0.0222. The van der Waals surface area contributed by atoms with Crippen molar-refractivity contribution in [2.45, 2.75) is 484 Å². The number of esters is 4. The first-order chi connectivity index (χ1) is 51.4. The average Bonchev–Trinajstić information content (AvgIpc) is 0.900. The van der Waals surface area contributed by atoms with Gasteiger partial charge in [0.1, 0.15) is 19.3 Å². The fourth-order valence-corrected chi connectivity index (χ4v) is 15.1. The lowest BCUT2D eigenvalue weighted by Crippen LogP contribution is -2.30. The van der Waals surface area contributed by atoms with Gasteiger partial charge in [0, 0.05) is 25.7 Å². The minimum absolute atomic E-state index is 0.108. The Labute approximate surface area is 651 Å². The Balaban J connectivity index is 5.15. The smallest absolute Gasteiger partial charge is 0.462 e. The van der Waals surface area contributed by atoms with Gasteiger partial charge in [-0.15, -0.1) is 0 Å². The van der Waals surface area contributed by atoms with E-state index in [4.69, 9.17) is 37.0 Å². The fourth-order valence-electron chi connectivity index (χ4n) is 13.6. The van der Waals surface area contributed by atoms with Crippen LogP contribution >= 0.6 is 15.6 Å². The highest BCUT2D eigenvalue weighted by Crippen LogP contribution is 2.45. The summed E-state index contributed by atoms with van der Waals surface area (Å²) in [5, 5.41) is 10.7. The van der Waals surface area contributed by atoms with Crippen LogP contribution in [0.5, 0.6) is 0 Å². The number of phosphoric acid groups is 2. The minimum atomic E-state index is -4.97. The largest absolute Gasteiger partial charge is 0.472 e. The van der Waals surface area contributed by atoms with Crippen molar-refractivity contribution in [1.82, 2.24) is 0 Å². The molecule has 106 heavy (non-hydrogen) atoms. The molecule has 0 spiro atoms. The number of hydrogen-bond donors (Lipinski definition) is 3. The van der Waals surface area contributed by atoms with Crippen molar-refractivity contribution in [3.63, 3.8) is 0 Å². The van der Waals surface area contributed by atoms with Crippen LogP contribution in [-0.2, 0) is 65.4 Å². The van der Waals surface area contributed by atoms with E-state index in [0.717, 1.165) is 115 Å². The van der Waals surface area contributed by atoms with E-state index in [-0.39, 0.29) is 25.7 Å². The van der Waals surface area contributed by atoms with Crippen LogP contribution in [0.25, 0.3) is 0 Å². The van der Waals surface area contributed by atoms with Crippen molar-refractivity contribution in [3.8, 4) is 0 Å². The number of ether oxygens (including phenoxy) is 4. The molecular weight excluding hydrogens is 1380 g/mol. The van der Waals surface area contributed by atoms with Crippen LogP contribution in [0.4, 0.5) is 0 Å². The first-order valence-electron chi connectivity index (χ1n) is 45.0. The maximum atomic E-state index is 13.1. The van der Waals surface area contributed by atoms with Crippen LogP contribution in [0, 0.1) is 11.8 Å². The molecule has 17 nitrogen and oxygen atoms in total. The van der Waals surface area contributed by atoms with E-state index in [1.54, 1.807) is 0 Å². The van der Waals surface area contributed by atoms with E-state index in [9.17, 15) is 43.2 Å². The minimum Gasteiger partial charge on any atom is -0.462 e. The Morgan fingerprint density at radius 3 is 0.717 bits per heavy atom. The van der Waals surface area contributed by atoms with Gasteiger partial charge in [0.15, 0.2) is 12.2 Å². The van der Waals surface area contributed by atoms with Gasteiger partial charge < -0.3 is 33.8 Å². The molecule has 0 heterocycles. The molecule has 0 fully saturated rings. The second kappa shape index (κ2) is 78.3. The molecule has 0 radical (unpaired) electrons. The van der Waals surface area contributed by atoms with Crippen LogP contribution in [-0.4, -0.2) is 96.7 Å². The van der Waals surface area contributed by atoms with Crippen LogP contribution in [0.3, 0.4) is 0 Å². The summed E-state index contributed by atoms with van der Waals surface area (Å²) in [4.78, 5) is 73.1. The molecule has 0 saturated heterocycles. The standard InChI is InChI=1S/C87H170O17P2/c1-7-10-12-14-16-17-18-19-20-31-37-42-47-53-59-65-71-86(91)103-82(75-97-84(89)69-63-57-49-15-13-11-8-2)77-101-105(93,94)99-73-81(88)74-100-106(95,96)102-78-83(76-98-85(90)70-64-58-52-46-41-36-32-27-23-21-25-29-34-39-44-50-55-61-67-79(4)5)104-87(92)72-66-60-54-48-43-38-33-28-24-22-26-30-35-40-45-51-56-62-68-80(6)9-3/h79-83,88H,7-78H2,1-6H3,(H,93,94)(H,95,96)/t80?,81-,82+,83+/m0/s1. The third kappa shape index (κ3) is 78.7. The molecule has 6 atom stereocenters. The van der Waals surface area contributed by atoms with Gasteiger partial charge in [0.05, 0.1) is 26.4 Å². The van der Waals surface area contributed by atoms with Gasteiger partial charge in [-0.25, -0.2) is 9.13 Å². The molecule has 0 bridgehead atoms. The van der Waals surface area contributed by atoms with Gasteiger partial charge in [-0.05, 0) is 37.5 Å². The SMILES string of the molecule is CCCCCCCCCCCCCCCCCCC(=O)O[C@H](COC(=O)CCCCCCCCC)COP(=O)(O)OC[C@H](O)COP(=O)(O)OC[C@@H](COC(=O)CCCCCCCCCCCCCCCCCCCCC(C)C)OC(=O)CCCCCCCCCCCCCCCCCCCCC(C)CC. The third-order valence-corrected chi connectivity index (χ3v) is 22.7. The molecule has 3 unspecified atom stereocenters. The number of hydrogen-bond acceptors (Lipinski definition) is 15. The van der Waals surface area contributed by atoms with Crippen LogP contribution in [0.15, 0.2) is 0 Å². The highest BCUT2D eigenvalue weighted by atomic mass is 31.2. The lowest BCUT2D eigenvalue weighted by atomic mass is 9.99. The number of carbonyl (C=O) groups is 4. The molecule has 0 aromatic heterocycles. The molecule has 0 aliphatic carbocycles. The van der Waals surface area contributed by atoms with E-state index >= 15 is 0 Å². The van der Waals surface area contributed by atoms with Crippen molar-refractivity contribution in [2.24, 2.45) is 11.8 Å². The normalized spacial score (nSPS) is 14.1. The topological polar surface area (TPSA) is 237 Å². The monoisotopic (exact) mass is 1550 g/mol. The number of rotatable bonds is 86. The molecule has 19 heteroatoms. The Hall–Kier alpha value is -1.94. The number of phosphoric ester groups is 2. The summed E-state index contributed by atoms with van der Waals surface area (Å²) in [6, 6.07) is 0. The van der Waals surface area contributed by atoms with Gasteiger partial charge >= 0.3 is 39.5 Å². The second-order valence-corrected chi connectivity index (χ2v) is 34.9. The predicted octanol–water partition coefficient (Wildman–Crippen LogP) is 26.6. The highest BCUT2D eigenvalue weighted by molar-refractivity contribution is 7.47. The lowest BCUT2D eigenvalue weighted by molar-refractivity contribution is -0.161. The summed E-state index contributed by atoms with van der Waals surface area (Å²) in [5.41, 5.74) is 0. The molecule has 0 rings (SSSR count). The van der Waals surface area contributed by atoms with Gasteiger partial charge in [0.25, 0.3) is 0 Å². The summed E-state index contributed by atoms with van der Waals surface area (Å²) in [7, 11) is -9.92. The fraction of sp³-hybridized carbons (Fsp3) is 0.954. The van der Waals surface area contributed by atoms with Crippen molar-refractivity contribution >= 4 is 39.5 Å². The zero-order chi connectivity index (χ0) is 77.8. The summed E-state index contributed by atoms with van der Waals surface area (Å²) in [6.45, 7) is 9.74. The molecule has 0 amide bonds. The third-order valence-electron chi connectivity index (χ3n) is 20.8. The van der Waals surface area contributed by atoms with Crippen molar-refractivity contribution in [2.75, 3.05) is 39.6 Å².